The largest absolute Gasteiger partial charge is 0.361 e. The van der Waals surface area contributed by atoms with Crippen molar-refractivity contribution in [2.75, 3.05) is 13.1 Å². The van der Waals surface area contributed by atoms with E-state index >= 15 is 0 Å². The molecule has 0 bridgehead atoms. The van der Waals surface area contributed by atoms with Crippen LogP contribution >= 0.6 is 0 Å². The van der Waals surface area contributed by atoms with Gasteiger partial charge < -0.3 is 4.52 Å². The summed E-state index contributed by atoms with van der Waals surface area (Å²) in [7, 11) is 0. The first-order valence-corrected chi connectivity index (χ1v) is 8.59. The average molecular weight is 335 g/mol. The van der Waals surface area contributed by atoms with Crippen LogP contribution in [0.3, 0.4) is 0 Å². The Labute approximate surface area is 146 Å². The lowest BCUT2D eigenvalue weighted by Crippen LogP contribution is -2.26. The van der Waals surface area contributed by atoms with Gasteiger partial charge in [-0.3, -0.25) is 9.88 Å². The fourth-order valence-corrected chi connectivity index (χ4v) is 3.43. The lowest BCUT2D eigenvalue weighted by Gasteiger charge is -2.19. The van der Waals surface area contributed by atoms with Gasteiger partial charge in [-0.05, 0) is 32.4 Å². The highest BCUT2D eigenvalue weighted by molar-refractivity contribution is 5.62. The van der Waals surface area contributed by atoms with Crippen LogP contribution in [0.5, 0.6) is 0 Å². The van der Waals surface area contributed by atoms with Gasteiger partial charge >= 0.3 is 0 Å². The van der Waals surface area contributed by atoms with Gasteiger partial charge in [0.1, 0.15) is 12.1 Å². The van der Waals surface area contributed by atoms with E-state index in [1.165, 1.54) is 11.1 Å². The van der Waals surface area contributed by atoms with E-state index in [1.54, 1.807) is 12.5 Å². The standard InChI is InChI=1S/C19H21N5O/c1-13-17(14(2)25-23-13)11-24-8-5-16-18(6-9-24)21-12-22-19(16)15-4-3-7-20-10-15/h3-4,7,10,12H,5-6,8-9,11H2,1-2H3. The average Bonchev–Trinajstić information content (AvgIpc) is 2.85. The molecule has 4 heterocycles. The lowest BCUT2D eigenvalue weighted by atomic mass is 10.0. The number of hydrogen-bond acceptors (Lipinski definition) is 6. The van der Waals surface area contributed by atoms with Gasteiger partial charge in [-0.25, -0.2) is 9.97 Å². The molecule has 0 aromatic carbocycles. The van der Waals surface area contributed by atoms with Gasteiger partial charge in [0, 0.05) is 60.8 Å². The van der Waals surface area contributed by atoms with Crippen molar-refractivity contribution < 1.29 is 4.52 Å². The third kappa shape index (κ3) is 3.17. The molecular formula is C19H21N5O. The smallest absolute Gasteiger partial charge is 0.138 e. The molecule has 0 spiro atoms. The van der Waals surface area contributed by atoms with Gasteiger partial charge in [-0.1, -0.05) is 5.16 Å². The summed E-state index contributed by atoms with van der Waals surface area (Å²) in [5.41, 5.74) is 6.64. The minimum absolute atomic E-state index is 0.866. The van der Waals surface area contributed by atoms with Gasteiger partial charge in [0.25, 0.3) is 0 Å². The van der Waals surface area contributed by atoms with Gasteiger partial charge in [-0.2, -0.15) is 0 Å². The SMILES string of the molecule is Cc1noc(C)c1CN1CCc2ncnc(-c3cccnc3)c2CC1. The first-order chi connectivity index (χ1) is 12.2. The third-order valence-electron chi connectivity index (χ3n) is 4.88. The zero-order valence-corrected chi connectivity index (χ0v) is 14.6. The second kappa shape index (κ2) is 6.72. The molecule has 0 radical (unpaired) electrons. The van der Waals surface area contributed by atoms with E-state index < -0.39 is 0 Å². The van der Waals surface area contributed by atoms with E-state index in [-0.39, 0.29) is 0 Å². The van der Waals surface area contributed by atoms with Gasteiger partial charge in [0.2, 0.25) is 0 Å². The molecular weight excluding hydrogens is 314 g/mol. The van der Waals surface area contributed by atoms with Crippen LogP contribution in [0.4, 0.5) is 0 Å². The molecule has 25 heavy (non-hydrogen) atoms. The predicted octanol–water partition coefficient (Wildman–Crippen LogP) is 2.74. The summed E-state index contributed by atoms with van der Waals surface area (Å²) < 4.78 is 5.30. The van der Waals surface area contributed by atoms with E-state index in [1.807, 2.05) is 26.1 Å². The van der Waals surface area contributed by atoms with Crippen LogP contribution in [0.2, 0.25) is 0 Å². The number of aryl methyl sites for hydroxylation is 2. The molecule has 0 saturated heterocycles. The molecule has 0 N–H and O–H groups in total. The Morgan fingerprint density at radius 3 is 2.80 bits per heavy atom. The molecule has 3 aromatic rings. The molecule has 0 saturated carbocycles. The molecule has 0 aliphatic carbocycles. The zero-order valence-electron chi connectivity index (χ0n) is 14.6. The van der Waals surface area contributed by atoms with Crippen molar-refractivity contribution in [1.82, 2.24) is 25.0 Å². The van der Waals surface area contributed by atoms with Crippen molar-refractivity contribution in [3.05, 3.63) is 59.1 Å². The summed E-state index contributed by atoms with van der Waals surface area (Å²) in [6.07, 6.45) is 7.19. The quantitative estimate of drug-likeness (QED) is 0.733. The molecule has 128 valence electrons. The minimum atomic E-state index is 0.866. The van der Waals surface area contributed by atoms with E-state index in [2.05, 4.69) is 31.1 Å². The van der Waals surface area contributed by atoms with E-state index in [9.17, 15) is 0 Å². The molecule has 1 aliphatic heterocycles. The van der Waals surface area contributed by atoms with Crippen molar-refractivity contribution in [3.8, 4) is 11.3 Å². The van der Waals surface area contributed by atoms with Crippen LogP contribution in [-0.4, -0.2) is 38.1 Å². The molecule has 0 unspecified atom stereocenters. The molecule has 6 heteroatoms. The highest BCUT2D eigenvalue weighted by atomic mass is 16.5. The Balaban J connectivity index is 1.58. The van der Waals surface area contributed by atoms with E-state index in [4.69, 9.17) is 4.52 Å². The van der Waals surface area contributed by atoms with Crippen molar-refractivity contribution in [3.63, 3.8) is 0 Å². The fourth-order valence-electron chi connectivity index (χ4n) is 3.43. The molecule has 0 amide bonds. The highest BCUT2D eigenvalue weighted by Crippen LogP contribution is 2.26. The third-order valence-corrected chi connectivity index (χ3v) is 4.88. The molecule has 4 rings (SSSR count). The summed E-state index contributed by atoms with van der Waals surface area (Å²) in [5.74, 6) is 0.912. The van der Waals surface area contributed by atoms with Crippen molar-refractivity contribution in [2.45, 2.75) is 33.2 Å². The maximum absolute atomic E-state index is 5.30. The second-order valence-corrected chi connectivity index (χ2v) is 6.47. The fraction of sp³-hybridized carbons (Fsp3) is 0.368. The summed E-state index contributed by atoms with van der Waals surface area (Å²) in [5, 5.41) is 4.07. The minimum Gasteiger partial charge on any atom is -0.361 e. The lowest BCUT2D eigenvalue weighted by molar-refractivity contribution is 0.276. The van der Waals surface area contributed by atoms with Crippen LogP contribution in [0.15, 0.2) is 35.4 Å². The Morgan fingerprint density at radius 1 is 1.16 bits per heavy atom. The number of fused-ring (bicyclic) bond motifs is 1. The van der Waals surface area contributed by atoms with Crippen LogP contribution in [0.1, 0.15) is 28.3 Å². The van der Waals surface area contributed by atoms with Crippen LogP contribution < -0.4 is 0 Å². The Morgan fingerprint density at radius 2 is 2.04 bits per heavy atom. The maximum Gasteiger partial charge on any atom is 0.138 e. The van der Waals surface area contributed by atoms with Gasteiger partial charge in [-0.15, -0.1) is 0 Å². The van der Waals surface area contributed by atoms with Crippen LogP contribution in [-0.2, 0) is 19.4 Å². The van der Waals surface area contributed by atoms with Gasteiger partial charge in [0.05, 0.1) is 11.4 Å². The van der Waals surface area contributed by atoms with E-state index in [0.29, 0.717) is 0 Å². The zero-order chi connectivity index (χ0) is 17.2. The van der Waals surface area contributed by atoms with Crippen molar-refractivity contribution in [2.24, 2.45) is 0 Å². The summed E-state index contributed by atoms with van der Waals surface area (Å²) in [6, 6.07) is 4.01. The Hall–Kier alpha value is -2.60. The van der Waals surface area contributed by atoms with Crippen LogP contribution in [0.25, 0.3) is 11.3 Å². The number of aromatic nitrogens is 4. The topological polar surface area (TPSA) is 67.9 Å². The molecule has 0 atom stereocenters. The maximum atomic E-state index is 5.30. The second-order valence-electron chi connectivity index (χ2n) is 6.47. The number of nitrogens with zero attached hydrogens (tertiary/aromatic N) is 5. The number of pyridine rings is 1. The molecule has 3 aromatic heterocycles. The van der Waals surface area contributed by atoms with E-state index in [0.717, 1.165) is 60.9 Å². The first kappa shape index (κ1) is 15.9. The van der Waals surface area contributed by atoms with Gasteiger partial charge in [0.15, 0.2) is 0 Å². The monoisotopic (exact) mass is 335 g/mol. The summed E-state index contributed by atoms with van der Waals surface area (Å²) in [6.45, 7) is 6.79. The Kier molecular flexibility index (Phi) is 4.28. The predicted molar refractivity (Wildman–Crippen MR) is 93.9 cm³/mol. The van der Waals surface area contributed by atoms with Crippen LogP contribution in [0, 0.1) is 13.8 Å². The Bertz CT molecular complexity index is 855. The highest BCUT2D eigenvalue weighted by Gasteiger charge is 2.21. The molecule has 6 nitrogen and oxygen atoms in total. The summed E-state index contributed by atoms with van der Waals surface area (Å²) >= 11 is 0. The number of rotatable bonds is 3. The molecule has 0 fully saturated rings. The number of hydrogen-bond donors (Lipinski definition) is 0. The normalized spacial score (nSPS) is 15.0. The van der Waals surface area contributed by atoms with Crippen molar-refractivity contribution >= 4 is 0 Å². The van der Waals surface area contributed by atoms with Crippen molar-refractivity contribution in [1.29, 1.82) is 0 Å². The summed E-state index contributed by atoms with van der Waals surface area (Å²) in [4.78, 5) is 15.8. The molecule has 1 aliphatic rings. The first-order valence-electron chi connectivity index (χ1n) is 8.59.